The summed E-state index contributed by atoms with van der Waals surface area (Å²) >= 11 is 0. The van der Waals surface area contributed by atoms with Gasteiger partial charge in [-0.3, -0.25) is 9.59 Å². The van der Waals surface area contributed by atoms with E-state index in [1.807, 2.05) is 0 Å². The van der Waals surface area contributed by atoms with E-state index in [1.165, 1.54) is 0 Å². The Balaban J connectivity index is 1.61. The summed E-state index contributed by atoms with van der Waals surface area (Å²) in [6.07, 6.45) is 5.01. The minimum atomic E-state index is -0.122. The number of amides is 2. The SMILES string of the molecule is CCCCNC(=O)C1CC1C(=O)NCC1CCCO1. The van der Waals surface area contributed by atoms with Crippen LogP contribution >= 0.6 is 0 Å². The molecule has 1 saturated heterocycles. The van der Waals surface area contributed by atoms with E-state index in [4.69, 9.17) is 4.74 Å². The maximum atomic E-state index is 11.9. The predicted octanol–water partition coefficient (Wildman–Crippen LogP) is 0.834. The largest absolute Gasteiger partial charge is 0.376 e. The molecule has 2 N–H and O–H groups in total. The highest BCUT2D eigenvalue weighted by Gasteiger charge is 2.47. The van der Waals surface area contributed by atoms with Crippen LogP contribution in [0.2, 0.25) is 0 Å². The number of hydrogen-bond acceptors (Lipinski definition) is 3. The monoisotopic (exact) mass is 268 g/mol. The minimum absolute atomic E-state index is 0.00569. The average Bonchev–Trinajstić information content (AvgIpc) is 3.05. The number of nitrogens with one attached hydrogen (secondary N) is 2. The van der Waals surface area contributed by atoms with E-state index < -0.39 is 0 Å². The quantitative estimate of drug-likeness (QED) is 0.672. The molecule has 2 aliphatic rings. The van der Waals surface area contributed by atoms with Gasteiger partial charge in [-0.2, -0.15) is 0 Å². The van der Waals surface area contributed by atoms with Crippen LogP contribution in [-0.4, -0.2) is 37.6 Å². The second-order valence-electron chi connectivity index (χ2n) is 5.47. The second-order valence-corrected chi connectivity index (χ2v) is 5.47. The van der Waals surface area contributed by atoms with Crippen molar-refractivity contribution in [2.24, 2.45) is 11.8 Å². The Kier molecular flexibility index (Phi) is 5.19. The van der Waals surface area contributed by atoms with Crippen molar-refractivity contribution in [3.8, 4) is 0 Å². The van der Waals surface area contributed by atoms with Crippen LogP contribution in [0.4, 0.5) is 0 Å². The van der Waals surface area contributed by atoms with Crippen LogP contribution in [-0.2, 0) is 14.3 Å². The van der Waals surface area contributed by atoms with Crippen molar-refractivity contribution in [1.29, 1.82) is 0 Å². The Hall–Kier alpha value is -1.10. The van der Waals surface area contributed by atoms with Gasteiger partial charge in [-0.15, -0.1) is 0 Å². The molecule has 1 saturated carbocycles. The fourth-order valence-electron chi connectivity index (χ4n) is 2.44. The molecule has 1 aliphatic carbocycles. The summed E-state index contributed by atoms with van der Waals surface area (Å²) in [5.41, 5.74) is 0. The Bertz CT molecular complexity index is 327. The van der Waals surface area contributed by atoms with E-state index in [1.54, 1.807) is 0 Å². The molecule has 5 heteroatoms. The normalized spacial score (nSPS) is 29.0. The lowest BCUT2D eigenvalue weighted by molar-refractivity contribution is -0.127. The van der Waals surface area contributed by atoms with Gasteiger partial charge in [0.1, 0.15) is 0 Å². The predicted molar refractivity (Wildman–Crippen MR) is 71.5 cm³/mol. The third-order valence-electron chi connectivity index (χ3n) is 3.82. The zero-order valence-corrected chi connectivity index (χ0v) is 11.6. The summed E-state index contributed by atoms with van der Waals surface area (Å²) in [6, 6.07) is 0. The topological polar surface area (TPSA) is 67.4 Å². The van der Waals surface area contributed by atoms with Crippen molar-refractivity contribution in [1.82, 2.24) is 10.6 Å². The minimum Gasteiger partial charge on any atom is -0.376 e. The Morgan fingerprint density at radius 1 is 1.21 bits per heavy atom. The molecule has 0 radical (unpaired) electrons. The van der Waals surface area contributed by atoms with Crippen LogP contribution in [0, 0.1) is 11.8 Å². The number of carbonyl (C=O) groups is 2. The van der Waals surface area contributed by atoms with Crippen molar-refractivity contribution in [3.63, 3.8) is 0 Å². The van der Waals surface area contributed by atoms with Gasteiger partial charge in [0.05, 0.1) is 17.9 Å². The Morgan fingerprint density at radius 2 is 1.95 bits per heavy atom. The van der Waals surface area contributed by atoms with Gasteiger partial charge >= 0.3 is 0 Å². The van der Waals surface area contributed by atoms with Crippen molar-refractivity contribution in [3.05, 3.63) is 0 Å². The van der Waals surface area contributed by atoms with Crippen molar-refractivity contribution < 1.29 is 14.3 Å². The van der Waals surface area contributed by atoms with Gasteiger partial charge in [-0.05, 0) is 25.7 Å². The molecule has 0 spiro atoms. The first-order valence-corrected chi connectivity index (χ1v) is 7.39. The first-order valence-electron chi connectivity index (χ1n) is 7.39. The molecule has 0 bridgehead atoms. The fraction of sp³-hybridized carbons (Fsp3) is 0.857. The van der Waals surface area contributed by atoms with E-state index in [2.05, 4.69) is 17.6 Å². The molecule has 19 heavy (non-hydrogen) atoms. The molecule has 1 aliphatic heterocycles. The highest BCUT2D eigenvalue weighted by atomic mass is 16.5. The van der Waals surface area contributed by atoms with Crippen molar-refractivity contribution >= 4 is 11.8 Å². The van der Waals surface area contributed by atoms with Gasteiger partial charge in [-0.25, -0.2) is 0 Å². The van der Waals surface area contributed by atoms with E-state index in [9.17, 15) is 9.59 Å². The van der Waals surface area contributed by atoms with E-state index >= 15 is 0 Å². The zero-order chi connectivity index (χ0) is 13.7. The average molecular weight is 268 g/mol. The molecule has 0 aromatic carbocycles. The number of hydrogen-bond donors (Lipinski definition) is 2. The number of unbranched alkanes of at least 4 members (excludes halogenated alkanes) is 1. The fourth-order valence-corrected chi connectivity index (χ4v) is 2.44. The summed E-state index contributed by atoms with van der Waals surface area (Å²) in [5.74, 6) is -0.193. The molecule has 3 atom stereocenters. The lowest BCUT2D eigenvalue weighted by Crippen LogP contribution is -2.34. The number of carbonyl (C=O) groups excluding carboxylic acids is 2. The molecule has 2 amide bonds. The molecule has 2 rings (SSSR count). The smallest absolute Gasteiger partial charge is 0.224 e. The van der Waals surface area contributed by atoms with Crippen LogP contribution in [0.3, 0.4) is 0 Å². The van der Waals surface area contributed by atoms with Crippen molar-refractivity contribution in [2.75, 3.05) is 19.7 Å². The third kappa shape index (κ3) is 4.20. The van der Waals surface area contributed by atoms with E-state index in [-0.39, 0.29) is 29.8 Å². The van der Waals surface area contributed by atoms with Crippen molar-refractivity contribution in [2.45, 2.75) is 45.1 Å². The zero-order valence-electron chi connectivity index (χ0n) is 11.6. The maximum absolute atomic E-state index is 11.9. The van der Waals surface area contributed by atoms with Crippen LogP contribution in [0.5, 0.6) is 0 Å². The lowest BCUT2D eigenvalue weighted by atomic mass is 10.2. The van der Waals surface area contributed by atoms with Gasteiger partial charge in [-0.1, -0.05) is 13.3 Å². The van der Waals surface area contributed by atoms with Gasteiger partial charge in [0.2, 0.25) is 11.8 Å². The highest BCUT2D eigenvalue weighted by molar-refractivity contribution is 5.92. The first-order chi connectivity index (χ1) is 9.22. The Labute approximate surface area is 114 Å². The standard InChI is InChI=1S/C14H24N2O3/c1-2-3-6-15-13(17)11-8-12(11)14(18)16-9-10-5-4-7-19-10/h10-12H,2-9H2,1H3,(H,15,17)(H,16,18). The summed E-state index contributed by atoms with van der Waals surface area (Å²) < 4.78 is 5.45. The van der Waals surface area contributed by atoms with Gasteiger partial charge < -0.3 is 15.4 Å². The van der Waals surface area contributed by atoms with Gasteiger partial charge in [0.25, 0.3) is 0 Å². The molecular formula is C14H24N2O3. The summed E-state index contributed by atoms with van der Waals surface area (Å²) in [5, 5.41) is 5.78. The summed E-state index contributed by atoms with van der Waals surface area (Å²) in [6.45, 7) is 4.19. The van der Waals surface area contributed by atoms with Crippen LogP contribution in [0.15, 0.2) is 0 Å². The Morgan fingerprint density at radius 3 is 2.58 bits per heavy atom. The van der Waals surface area contributed by atoms with Gasteiger partial charge in [0, 0.05) is 19.7 Å². The van der Waals surface area contributed by atoms with E-state index in [0.717, 1.165) is 38.8 Å². The molecule has 108 valence electrons. The van der Waals surface area contributed by atoms with Crippen LogP contribution in [0.1, 0.15) is 39.0 Å². The first kappa shape index (κ1) is 14.3. The molecule has 3 unspecified atom stereocenters. The van der Waals surface area contributed by atoms with Crippen LogP contribution in [0.25, 0.3) is 0 Å². The lowest BCUT2D eigenvalue weighted by Gasteiger charge is -2.10. The second kappa shape index (κ2) is 6.89. The number of rotatable bonds is 7. The summed E-state index contributed by atoms with van der Waals surface area (Å²) in [4.78, 5) is 23.6. The summed E-state index contributed by atoms with van der Waals surface area (Å²) in [7, 11) is 0. The molecule has 0 aromatic heterocycles. The third-order valence-corrected chi connectivity index (χ3v) is 3.82. The molecule has 0 aromatic rings. The molecular weight excluding hydrogens is 244 g/mol. The maximum Gasteiger partial charge on any atom is 0.224 e. The van der Waals surface area contributed by atoms with E-state index in [0.29, 0.717) is 13.0 Å². The van der Waals surface area contributed by atoms with Crippen LogP contribution < -0.4 is 10.6 Å². The van der Waals surface area contributed by atoms with Gasteiger partial charge in [0.15, 0.2) is 0 Å². The molecule has 2 fully saturated rings. The molecule has 5 nitrogen and oxygen atoms in total. The highest BCUT2D eigenvalue weighted by Crippen LogP contribution is 2.38. The number of ether oxygens (including phenoxy) is 1. The molecule has 1 heterocycles.